The van der Waals surface area contributed by atoms with Crippen molar-refractivity contribution in [3.8, 4) is 0 Å². The van der Waals surface area contributed by atoms with Gasteiger partial charge in [0.25, 0.3) is 0 Å². The molecule has 1 heterocycles. The van der Waals surface area contributed by atoms with E-state index in [1.807, 2.05) is 6.07 Å². The van der Waals surface area contributed by atoms with Crippen LogP contribution >= 0.6 is 11.8 Å². The van der Waals surface area contributed by atoms with Crippen LogP contribution in [0.3, 0.4) is 0 Å². The van der Waals surface area contributed by atoms with Gasteiger partial charge in [-0.15, -0.1) is 0 Å². The summed E-state index contributed by atoms with van der Waals surface area (Å²) >= 11 is 1.58. The molecular weight excluding hydrogens is 258 g/mol. The van der Waals surface area contributed by atoms with Crippen molar-refractivity contribution in [2.24, 2.45) is 0 Å². The van der Waals surface area contributed by atoms with Crippen molar-refractivity contribution in [1.82, 2.24) is 4.98 Å². The molecular formula is C15H13NO2S. The second-order valence-corrected chi connectivity index (χ2v) is 5.72. The summed E-state index contributed by atoms with van der Waals surface area (Å²) in [4.78, 5) is 16.8. The van der Waals surface area contributed by atoms with E-state index < -0.39 is 5.97 Å². The average molecular weight is 271 g/mol. The molecule has 19 heavy (non-hydrogen) atoms. The first kappa shape index (κ1) is 12.2. The molecule has 0 unspecified atom stereocenters. The summed E-state index contributed by atoms with van der Waals surface area (Å²) in [6, 6.07) is 9.96. The number of carboxylic acids is 1. The van der Waals surface area contributed by atoms with Gasteiger partial charge in [0.2, 0.25) is 0 Å². The monoisotopic (exact) mass is 271 g/mol. The molecule has 4 heteroatoms. The Morgan fingerprint density at radius 3 is 2.74 bits per heavy atom. The highest BCUT2D eigenvalue weighted by molar-refractivity contribution is 7.99. The molecule has 0 radical (unpaired) electrons. The number of aromatic nitrogens is 1. The van der Waals surface area contributed by atoms with Gasteiger partial charge in [-0.1, -0.05) is 17.8 Å². The van der Waals surface area contributed by atoms with Gasteiger partial charge in [-0.05, 0) is 54.7 Å². The summed E-state index contributed by atoms with van der Waals surface area (Å²) in [5.41, 5.74) is 2.97. The molecule has 96 valence electrons. The zero-order valence-electron chi connectivity index (χ0n) is 10.3. The number of fused-ring (bicyclic) bond motifs is 1. The minimum absolute atomic E-state index is 0.0890. The normalized spacial score (nSPS) is 13.3. The smallest absolute Gasteiger partial charge is 0.354 e. The predicted octanol–water partition coefficient (Wildman–Crippen LogP) is 3.42. The Labute approximate surface area is 115 Å². The van der Waals surface area contributed by atoms with Gasteiger partial charge in [-0.3, -0.25) is 0 Å². The molecule has 0 fully saturated rings. The van der Waals surface area contributed by atoms with E-state index in [0.717, 1.165) is 16.2 Å². The number of rotatable bonds is 3. The van der Waals surface area contributed by atoms with E-state index >= 15 is 0 Å². The van der Waals surface area contributed by atoms with Crippen molar-refractivity contribution in [3.63, 3.8) is 0 Å². The van der Waals surface area contributed by atoms with Crippen molar-refractivity contribution < 1.29 is 9.90 Å². The molecule has 0 saturated heterocycles. The molecule has 0 atom stereocenters. The first-order valence-electron chi connectivity index (χ1n) is 6.21. The van der Waals surface area contributed by atoms with E-state index in [1.54, 1.807) is 24.0 Å². The first-order valence-corrected chi connectivity index (χ1v) is 7.03. The lowest BCUT2D eigenvalue weighted by Gasteiger charge is -2.05. The minimum Gasteiger partial charge on any atom is -0.477 e. The van der Waals surface area contributed by atoms with Crippen LogP contribution in [0.15, 0.2) is 46.3 Å². The van der Waals surface area contributed by atoms with E-state index in [2.05, 4.69) is 23.2 Å². The van der Waals surface area contributed by atoms with Crippen molar-refractivity contribution in [3.05, 3.63) is 53.3 Å². The SMILES string of the molecule is O=C(O)c1cc(Sc2ccc3c(c2)CCC3)ccn1. The number of hydrogen-bond acceptors (Lipinski definition) is 3. The van der Waals surface area contributed by atoms with E-state index in [0.29, 0.717) is 0 Å². The molecule has 2 aromatic rings. The van der Waals surface area contributed by atoms with Crippen molar-refractivity contribution in [1.29, 1.82) is 0 Å². The zero-order valence-corrected chi connectivity index (χ0v) is 11.1. The lowest BCUT2D eigenvalue weighted by molar-refractivity contribution is 0.0690. The molecule has 0 aliphatic heterocycles. The number of carbonyl (C=O) groups is 1. The fourth-order valence-electron chi connectivity index (χ4n) is 2.34. The zero-order chi connectivity index (χ0) is 13.2. The third-order valence-corrected chi connectivity index (χ3v) is 4.24. The van der Waals surface area contributed by atoms with Crippen LogP contribution in [0.25, 0.3) is 0 Å². The van der Waals surface area contributed by atoms with Crippen molar-refractivity contribution >= 4 is 17.7 Å². The van der Waals surface area contributed by atoms with Crippen molar-refractivity contribution in [2.45, 2.75) is 29.1 Å². The Morgan fingerprint density at radius 2 is 1.89 bits per heavy atom. The fourth-order valence-corrected chi connectivity index (χ4v) is 3.25. The van der Waals surface area contributed by atoms with Gasteiger partial charge >= 0.3 is 5.97 Å². The highest BCUT2D eigenvalue weighted by atomic mass is 32.2. The van der Waals surface area contributed by atoms with Crippen molar-refractivity contribution in [2.75, 3.05) is 0 Å². The van der Waals surface area contributed by atoms with Crippen LogP contribution in [0.4, 0.5) is 0 Å². The number of hydrogen-bond donors (Lipinski definition) is 1. The first-order chi connectivity index (χ1) is 9.22. The van der Waals surface area contributed by atoms with Gasteiger partial charge in [-0.25, -0.2) is 9.78 Å². The third-order valence-electron chi connectivity index (χ3n) is 3.26. The molecule has 3 nitrogen and oxygen atoms in total. The van der Waals surface area contributed by atoms with Crippen LogP contribution in [0.2, 0.25) is 0 Å². The average Bonchev–Trinajstić information content (AvgIpc) is 2.86. The summed E-state index contributed by atoms with van der Waals surface area (Å²) in [7, 11) is 0. The lowest BCUT2D eigenvalue weighted by atomic mass is 10.1. The van der Waals surface area contributed by atoms with E-state index in [9.17, 15) is 4.79 Å². The fraction of sp³-hybridized carbons (Fsp3) is 0.200. The van der Waals surface area contributed by atoms with Gasteiger partial charge in [0.05, 0.1) is 0 Å². The van der Waals surface area contributed by atoms with Gasteiger partial charge in [0, 0.05) is 16.0 Å². The molecule has 3 rings (SSSR count). The molecule has 0 saturated carbocycles. The molecule has 0 amide bonds. The largest absolute Gasteiger partial charge is 0.477 e. The summed E-state index contributed by atoms with van der Waals surface area (Å²) in [5.74, 6) is -0.989. The lowest BCUT2D eigenvalue weighted by Crippen LogP contribution is -1.99. The van der Waals surface area contributed by atoms with Crippen LogP contribution in [-0.4, -0.2) is 16.1 Å². The summed E-state index contributed by atoms with van der Waals surface area (Å²) in [5, 5.41) is 8.93. The maximum Gasteiger partial charge on any atom is 0.354 e. The predicted molar refractivity (Wildman–Crippen MR) is 73.8 cm³/mol. The van der Waals surface area contributed by atoms with Crippen LogP contribution in [0, 0.1) is 0 Å². The maximum atomic E-state index is 10.9. The van der Waals surface area contributed by atoms with Crippen LogP contribution in [-0.2, 0) is 12.8 Å². The Hall–Kier alpha value is -1.81. The molecule has 1 aliphatic rings. The highest BCUT2D eigenvalue weighted by Gasteiger charge is 2.12. The molecule has 0 spiro atoms. The van der Waals surface area contributed by atoms with Gasteiger partial charge in [0.15, 0.2) is 0 Å². The van der Waals surface area contributed by atoms with E-state index in [1.165, 1.54) is 24.0 Å². The second kappa shape index (κ2) is 5.05. The molecule has 1 aromatic heterocycles. The molecule has 1 aliphatic carbocycles. The van der Waals surface area contributed by atoms with E-state index in [4.69, 9.17) is 5.11 Å². The molecule has 1 N–H and O–H groups in total. The standard InChI is InChI=1S/C15H13NO2S/c17-15(18)14-9-13(6-7-16-14)19-12-5-4-10-2-1-3-11(10)8-12/h4-9H,1-3H2,(H,17,18). The summed E-state index contributed by atoms with van der Waals surface area (Å²) < 4.78 is 0. The van der Waals surface area contributed by atoms with Gasteiger partial charge in [-0.2, -0.15) is 0 Å². The van der Waals surface area contributed by atoms with Crippen LogP contribution in [0.5, 0.6) is 0 Å². The Kier molecular flexibility index (Phi) is 3.25. The highest BCUT2D eigenvalue weighted by Crippen LogP contribution is 2.32. The summed E-state index contributed by atoms with van der Waals surface area (Å²) in [6.07, 6.45) is 5.11. The van der Waals surface area contributed by atoms with Crippen LogP contribution in [0.1, 0.15) is 28.0 Å². The topological polar surface area (TPSA) is 50.2 Å². The Bertz CT molecular complexity index is 640. The Morgan fingerprint density at radius 1 is 1.11 bits per heavy atom. The summed E-state index contributed by atoms with van der Waals surface area (Å²) in [6.45, 7) is 0. The quantitative estimate of drug-likeness (QED) is 0.929. The molecule has 0 bridgehead atoms. The number of carboxylic acid groups (broad SMARTS) is 1. The second-order valence-electron chi connectivity index (χ2n) is 4.57. The number of nitrogens with zero attached hydrogens (tertiary/aromatic N) is 1. The number of aryl methyl sites for hydroxylation is 2. The Balaban J connectivity index is 1.85. The third kappa shape index (κ3) is 2.63. The minimum atomic E-state index is -0.989. The van der Waals surface area contributed by atoms with Gasteiger partial charge < -0.3 is 5.11 Å². The van der Waals surface area contributed by atoms with Gasteiger partial charge in [0.1, 0.15) is 5.69 Å². The number of benzene rings is 1. The maximum absolute atomic E-state index is 10.9. The van der Waals surface area contributed by atoms with Crippen LogP contribution < -0.4 is 0 Å². The molecule has 1 aromatic carbocycles. The number of pyridine rings is 1. The van der Waals surface area contributed by atoms with E-state index in [-0.39, 0.29) is 5.69 Å². The number of aromatic carboxylic acids is 1.